The first-order valence-electron chi connectivity index (χ1n) is 5.85. The number of hydrogen-bond acceptors (Lipinski definition) is 4. The van der Waals surface area contributed by atoms with Gasteiger partial charge in [0, 0.05) is 17.6 Å². The number of rotatable bonds is 3. The first kappa shape index (κ1) is 13.9. The molecule has 5 heteroatoms. The Morgan fingerprint density at radius 3 is 2.74 bits per heavy atom. The molecule has 2 aromatic rings. The number of pyridine rings is 1. The Hall–Kier alpha value is -1.57. The van der Waals surface area contributed by atoms with Crippen molar-refractivity contribution < 1.29 is 0 Å². The summed E-state index contributed by atoms with van der Waals surface area (Å²) in [5, 5.41) is 9.27. The van der Waals surface area contributed by atoms with Crippen molar-refractivity contribution in [3.63, 3.8) is 0 Å². The second-order valence-corrected chi connectivity index (χ2v) is 6.25. The Balaban J connectivity index is 2.33. The maximum absolute atomic E-state index is 9.27. The molecule has 0 aliphatic rings. The van der Waals surface area contributed by atoms with Crippen LogP contribution in [-0.4, -0.2) is 12.0 Å². The van der Waals surface area contributed by atoms with Crippen LogP contribution in [0.2, 0.25) is 4.34 Å². The van der Waals surface area contributed by atoms with Crippen LogP contribution in [0.4, 0.5) is 5.82 Å². The van der Waals surface area contributed by atoms with E-state index in [9.17, 15) is 5.26 Å². The summed E-state index contributed by atoms with van der Waals surface area (Å²) in [6.07, 6.45) is 0. The molecule has 0 fully saturated rings. The predicted octanol–water partition coefficient (Wildman–Crippen LogP) is 3.92. The molecule has 0 N–H and O–H groups in total. The lowest BCUT2D eigenvalue weighted by atomic mass is 10.1. The van der Waals surface area contributed by atoms with E-state index < -0.39 is 0 Å². The van der Waals surface area contributed by atoms with Crippen LogP contribution >= 0.6 is 22.9 Å². The Labute approximate surface area is 122 Å². The zero-order chi connectivity index (χ0) is 14.0. The van der Waals surface area contributed by atoms with Crippen molar-refractivity contribution in [1.29, 1.82) is 5.26 Å². The molecule has 0 radical (unpaired) electrons. The van der Waals surface area contributed by atoms with E-state index in [0.717, 1.165) is 26.3 Å². The number of aryl methyl sites for hydroxylation is 2. The summed E-state index contributed by atoms with van der Waals surface area (Å²) >= 11 is 7.48. The van der Waals surface area contributed by atoms with Crippen LogP contribution in [0, 0.1) is 25.2 Å². The molecule has 2 rings (SSSR count). The Bertz CT molecular complexity index is 643. The van der Waals surface area contributed by atoms with Crippen molar-refractivity contribution in [1.82, 2.24) is 4.98 Å². The van der Waals surface area contributed by atoms with Crippen molar-refractivity contribution in [2.24, 2.45) is 0 Å². The number of halogens is 1. The van der Waals surface area contributed by atoms with Crippen molar-refractivity contribution in [3.05, 3.63) is 44.2 Å². The highest BCUT2D eigenvalue weighted by atomic mass is 35.5. The van der Waals surface area contributed by atoms with E-state index in [-0.39, 0.29) is 0 Å². The Morgan fingerprint density at radius 2 is 2.16 bits per heavy atom. The fourth-order valence-corrected chi connectivity index (χ4v) is 3.12. The minimum Gasteiger partial charge on any atom is -0.353 e. The second kappa shape index (κ2) is 5.60. The van der Waals surface area contributed by atoms with Gasteiger partial charge in [-0.25, -0.2) is 4.98 Å². The van der Waals surface area contributed by atoms with Gasteiger partial charge in [0.05, 0.1) is 16.4 Å². The van der Waals surface area contributed by atoms with Gasteiger partial charge in [0.25, 0.3) is 0 Å². The minimum atomic E-state index is 0.635. The predicted molar refractivity (Wildman–Crippen MR) is 79.9 cm³/mol. The molecule has 0 saturated heterocycles. The number of hydrogen-bond donors (Lipinski definition) is 0. The van der Waals surface area contributed by atoms with Crippen molar-refractivity contribution in [2.75, 3.05) is 11.9 Å². The highest BCUT2D eigenvalue weighted by molar-refractivity contribution is 7.16. The summed E-state index contributed by atoms with van der Waals surface area (Å²) < 4.78 is 0.775. The molecule has 0 spiro atoms. The number of anilines is 1. The molecular formula is C14H14ClN3S. The van der Waals surface area contributed by atoms with Crippen LogP contribution in [0.25, 0.3) is 0 Å². The van der Waals surface area contributed by atoms with E-state index in [1.54, 1.807) is 11.3 Å². The third-order valence-electron chi connectivity index (χ3n) is 2.82. The summed E-state index contributed by atoms with van der Waals surface area (Å²) in [4.78, 5) is 7.62. The van der Waals surface area contributed by atoms with Crippen molar-refractivity contribution in [3.8, 4) is 6.07 Å². The van der Waals surface area contributed by atoms with Crippen LogP contribution < -0.4 is 4.90 Å². The van der Waals surface area contributed by atoms with Crippen LogP contribution in [0.15, 0.2) is 18.2 Å². The van der Waals surface area contributed by atoms with Gasteiger partial charge in [0.1, 0.15) is 11.9 Å². The number of thiophene rings is 1. The molecule has 0 aliphatic carbocycles. The Kier molecular flexibility index (Phi) is 4.08. The molecule has 0 unspecified atom stereocenters. The lowest BCUT2D eigenvalue weighted by molar-refractivity contribution is 0.900. The standard InChI is InChI=1S/C14H14ClN3S/c1-9-6-10(2)17-14(12(9)7-16)18(3)8-11-4-5-13(15)19-11/h4-6H,8H2,1-3H3. The molecule has 0 atom stereocenters. The first-order valence-corrected chi connectivity index (χ1v) is 7.04. The molecule has 2 aromatic heterocycles. The van der Waals surface area contributed by atoms with Gasteiger partial charge in [-0.15, -0.1) is 11.3 Å². The maximum Gasteiger partial charge on any atom is 0.147 e. The van der Waals surface area contributed by atoms with Gasteiger partial charge in [0.2, 0.25) is 0 Å². The lowest BCUT2D eigenvalue weighted by Gasteiger charge is -2.20. The second-order valence-electron chi connectivity index (χ2n) is 4.45. The fraction of sp³-hybridized carbons (Fsp3) is 0.286. The fourth-order valence-electron chi connectivity index (χ4n) is 1.98. The molecule has 0 bridgehead atoms. The average Bonchev–Trinajstić information content (AvgIpc) is 2.73. The number of nitrogens with zero attached hydrogens (tertiary/aromatic N) is 3. The summed E-state index contributed by atoms with van der Waals surface area (Å²) in [6, 6.07) is 8.05. The van der Waals surface area contributed by atoms with E-state index in [2.05, 4.69) is 11.1 Å². The summed E-state index contributed by atoms with van der Waals surface area (Å²) in [5.41, 5.74) is 2.51. The van der Waals surface area contributed by atoms with Gasteiger partial charge in [-0.1, -0.05) is 11.6 Å². The van der Waals surface area contributed by atoms with Crippen LogP contribution in [-0.2, 0) is 6.54 Å². The molecular weight excluding hydrogens is 278 g/mol. The highest BCUT2D eigenvalue weighted by Crippen LogP contribution is 2.26. The molecule has 2 heterocycles. The van der Waals surface area contributed by atoms with Crippen molar-refractivity contribution in [2.45, 2.75) is 20.4 Å². The van der Waals surface area contributed by atoms with Crippen LogP contribution in [0.1, 0.15) is 21.7 Å². The highest BCUT2D eigenvalue weighted by Gasteiger charge is 2.13. The average molecular weight is 292 g/mol. The third-order valence-corrected chi connectivity index (χ3v) is 4.04. The van der Waals surface area contributed by atoms with Gasteiger partial charge in [-0.3, -0.25) is 0 Å². The lowest BCUT2D eigenvalue weighted by Crippen LogP contribution is -2.19. The largest absolute Gasteiger partial charge is 0.353 e. The molecule has 0 aromatic carbocycles. The summed E-state index contributed by atoms with van der Waals surface area (Å²) in [6.45, 7) is 4.57. The summed E-state index contributed by atoms with van der Waals surface area (Å²) in [5.74, 6) is 0.726. The topological polar surface area (TPSA) is 39.9 Å². The van der Waals surface area contributed by atoms with Crippen LogP contribution in [0.3, 0.4) is 0 Å². The third kappa shape index (κ3) is 3.06. The van der Waals surface area contributed by atoms with Crippen molar-refractivity contribution >= 4 is 28.8 Å². The summed E-state index contributed by atoms with van der Waals surface area (Å²) in [7, 11) is 1.94. The molecule has 0 amide bonds. The number of nitriles is 1. The minimum absolute atomic E-state index is 0.635. The van der Waals surface area contributed by atoms with E-state index in [4.69, 9.17) is 11.6 Å². The smallest absolute Gasteiger partial charge is 0.147 e. The van der Waals surface area contributed by atoms with E-state index in [1.807, 2.05) is 44.0 Å². The van der Waals surface area contributed by atoms with E-state index in [1.165, 1.54) is 0 Å². The first-order chi connectivity index (χ1) is 9.01. The van der Waals surface area contributed by atoms with Gasteiger partial charge in [-0.2, -0.15) is 5.26 Å². The molecule has 98 valence electrons. The molecule has 0 saturated carbocycles. The van der Waals surface area contributed by atoms with Gasteiger partial charge in [0.15, 0.2) is 0 Å². The zero-order valence-corrected chi connectivity index (χ0v) is 12.6. The number of aromatic nitrogens is 1. The molecule has 19 heavy (non-hydrogen) atoms. The maximum atomic E-state index is 9.27. The van der Waals surface area contributed by atoms with Crippen LogP contribution in [0.5, 0.6) is 0 Å². The quantitative estimate of drug-likeness (QED) is 0.860. The van der Waals surface area contributed by atoms with E-state index >= 15 is 0 Å². The molecule has 3 nitrogen and oxygen atoms in total. The van der Waals surface area contributed by atoms with Gasteiger partial charge >= 0.3 is 0 Å². The SMILES string of the molecule is Cc1cc(C)c(C#N)c(N(C)Cc2ccc(Cl)s2)n1. The molecule has 0 aliphatic heterocycles. The zero-order valence-electron chi connectivity index (χ0n) is 11.1. The van der Waals surface area contributed by atoms with E-state index in [0.29, 0.717) is 12.1 Å². The Morgan fingerprint density at radius 1 is 1.42 bits per heavy atom. The monoisotopic (exact) mass is 291 g/mol. The normalized spacial score (nSPS) is 10.3. The van der Waals surface area contributed by atoms with Gasteiger partial charge < -0.3 is 4.90 Å². The van der Waals surface area contributed by atoms with Gasteiger partial charge in [-0.05, 0) is 37.6 Å².